The van der Waals surface area contributed by atoms with Crippen LogP contribution in [-0.4, -0.2) is 31.1 Å². The standard InChI is InChI=1S/C14H23NO.C2H6/c1-5-9-14(16-7-3)12(6-2)13-10-8-11-15(13)4;1-2/h5-6,9,13H,1,7-8,10-11H2,2-4H3;1-2H3/b12-6-,14-9+;. The second-order valence-corrected chi connectivity index (χ2v) is 4.08. The highest BCUT2D eigenvalue weighted by atomic mass is 16.5. The molecule has 1 rings (SSSR count). The molecule has 1 heterocycles. The normalized spacial score (nSPS) is 21.3. The van der Waals surface area contributed by atoms with Crippen molar-refractivity contribution in [3.05, 3.63) is 36.1 Å². The van der Waals surface area contributed by atoms with Crippen molar-refractivity contribution in [1.82, 2.24) is 4.90 Å². The molecule has 2 nitrogen and oxygen atoms in total. The summed E-state index contributed by atoms with van der Waals surface area (Å²) in [4.78, 5) is 2.39. The van der Waals surface area contributed by atoms with Gasteiger partial charge in [0.2, 0.25) is 0 Å². The Labute approximate surface area is 113 Å². The fourth-order valence-electron chi connectivity index (χ4n) is 2.29. The highest BCUT2D eigenvalue weighted by Gasteiger charge is 2.26. The molecule has 0 aromatic heterocycles. The number of likely N-dealkylation sites (tertiary alicyclic amines) is 1. The largest absolute Gasteiger partial charge is 0.494 e. The highest BCUT2D eigenvalue weighted by molar-refractivity contribution is 5.33. The predicted octanol–water partition coefficient (Wildman–Crippen LogP) is 4.16. The summed E-state index contributed by atoms with van der Waals surface area (Å²) in [6.07, 6.45) is 8.41. The minimum atomic E-state index is 0.503. The molecular formula is C16H29NO. The molecule has 0 radical (unpaired) electrons. The lowest BCUT2D eigenvalue weighted by Crippen LogP contribution is -2.28. The summed E-state index contributed by atoms with van der Waals surface area (Å²) in [6, 6.07) is 0.503. The van der Waals surface area contributed by atoms with E-state index in [1.54, 1.807) is 6.08 Å². The highest BCUT2D eigenvalue weighted by Crippen LogP contribution is 2.27. The van der Waals surface area contributed by atoms with Crippen molar-refractivity contribution in [2.45, 2.75) is 46.6 Å². The molecule has 1 saturated heterocycles. The van der Waals surface area contributed by atoms with Crippen LogP contribution in [0.5, 0.6) is 0 Å². The average molecular weight is 251 g/mol. The van der Waals surface area contributed by atoms with Gasteiger partial charge in [0.1, 0.15) is 5.76 Å². The van der Waals surface area contributed by atoms with Crippen LogP contribution >= 0.6 is 0 Å². The predicted molar refractivity (Wildman–Crippen MR) is 80.7 cm³/mol. The van der Waals surface area contributed by atoms with Gasteiger partial charge in [-0.05, 0) is 46.4 Å². The Hall–Kier alpha value is -1.02. The molecule has 0 amide bonds. The van der Waals surface area contributed by atoms with E-state index >= 15 is 0 Å². The van der Waals surface area contributed by atoms with Gasteiger partial charge in [-0.3, -0.25) is 4.90 Å². The van der Waals surface area contributed by atoms with Crippen molar-refractivity contribution < 1.29 is 4.74 Å². The van der Waals surface area contributed by atoms with Crippen LogP contribution in [0.2, 0.25) is 0 Å². The van der Waals surface area contributed by atoms with Crippen LogP contribution in [-0.2, 0) is 4.74 Å². The zero-order chi connectivity index (χ0) is 14.0. The summed E-state index contributed by atoms with van der Waals surface area (Å²) >= 11 is 0. The first-order valence-corrected chi connectivity index (χ1v) is 7.06. The Morgan fingerprint density at radius 3 is 2.50 bits per heavy atom. The Balaban J connectivity index is 0.00000137. The fourth-order valence-corrected chi connectivity index (χ4v) is 2.29. The van der Waals surface area contributed by atoms with Gasteiger partial charge < -0.3 is 4.74 Å². The number of rotatable bonds is 5. The molecule has 0 aromatic carbocycles. The maximum absolute atomic E-state index is 5.69. The smallest absolute Gasteiger partial charge is 0.123 e. The molecule has 104 valence electrons. The van der Waals surface area contributed by atoms with E-state index in [0.29, 0.717) is 12.6 Å². The van der Waals surface area contributed by atoms with E-state index in [0.717, 1.165) is 5.76 Å². The number of likely N-dealkylation sites (N-methyl/N-ethyl adjacent to an activating group) is 1. The first kappa shape index (κ1) is 17.0. The topological polar surface area (TPSA) is 12.5 Å². The third kappa shape index (κ3) is 4.69. The van der Waals surface area contributed by atoms with Crippen LogP contribution in [0, 0.1) is 0 Å². The van der Waals surface area contributed by atoms with Crippen molar-refractivity contribution in [1.29, 1.82) is 0 Å². The Kier molecular flexibility index (Phi) is 9.39. The summed E-state index contributed by atoms with van der Waals surface area (Å²) in [6.45, 7) is 13.7. The monoisotopic (exact) mass is 251 g/mol. The molecule has 18 heavy (non-hydrogen) atoms. The number of ether oxygens (including phenoxy) is 1. The third-order valence-corrected chi connectivity index (χ3v) is 3.04. The van der Waals surface area contributed by atoms with Crippen LogP contribution < -0.4 is 0 Å². The summed E-state index contributed by atoms with van der Waals surface area (Å²) in [5.74, 6) is 0.971. The summed E-state index contributed by atoms with van der Waals surface area (Å²) in [7, 11) is 2.18. The van der Waals surface area contributed by atoms with Gasteiger partial charge in [-0.1, -0.05) is 32.6 Å². The molecule has 0 N–H and O–H groups in total. The van der Waals surface area contributed by atoms with E-state index in [4.69, 9.17) is 4.74 Å². The van der Waals surface area contributed by atoms with Gasteiger partial charge in [0.05, 0.1) is 6.61 Å². The number of hydrogen-bond acceptors (Lipinski definition) is 2. The third-order valence-electron chi connectivity index (χ3n) is 3.04. The fraction of sp³-hybridized carbons (Fsp3) is 0.625. The Morgan fingerprint density at radius 2 is 2.11 bits per heavy atom. The summed E-state index contributed by atoms with van der Waals surface area (Å²) in [5, 5.41) is 0. The molecule has 0 aliphatic carbocycles. The molecule has 2 heteroatoms. The van der Waals surface area contributed by atoms with Crippen molar-refractivity contribution in [3.63, 3.8) is 0 Å². The van der Waals surface area contributed by atoms with Gasteiger partial charge in [-0.15, -0.1) is 0 Å². The van der Waals surface area contributed by atoms with E-state index in [9.17, 15) is 0 Å². The summed E-state index contributed by atoms with van der Waals surface area (Å²) in [5.41, 5.74) is 1.29. The van der Waals surface area contributed by atoms with Gasteiger partial charge in [0.25, 0.3) is 0 Å². The van der Waals surface area contributed by atoms with Crippen molar-refractivity contribution in [3.8, 4) is 0 Å². The molecule has 1 aliphatic rings. The maximum atomic E-state index is 5.69. The lowest BCUT2D eigenvalue weighted by molar-refractivity contribution is 0.224. The van der Waals surface area contributed by atoms with Crippen LogP contribution in [0.15, 0.2) is 36.1 Å². The number of allylic oxidation sites excluding steroid dienone is 3. The molecule has 0 bridgehead atoms. The average Bonchev–Trinajstić information content (AvgIpc) is 2.80. The lowest BCUT2D eigenvalue weighted by Gasteiger charge is -2.24. The Bertz CT molecular complexity index is 291. The van der Waals surface area contributed by atoms with E-state index in [1.807, 2.05) is 26.8 Å². The van der Waals surface area contributed by atoms with Crippen molar-refractivity contribution in [2.24, 2.45) is 0 Å². The maximum Gasteiger partial charge on any atom is 0.123 e. The molecule has 0 saturated carbocycles. The zero-order valence-electron chi connectivity index (χ0n) is 12.7. The SMILES string of the molecule is C=C/C=C(OCC)\C(=C/C)C1CCCN1C.CC. The first-order valence-electron chi connectivity index (χ1n) is 7.06. The number of hydrogen-bond donors (Lipinski definition) is 0. The van der Waals surface area contributed by atoms with Gasteiger partial charge in [-0.25, -0.2) is 0 Å². The van der Waals surface area contributed by atoms with Crippen molar-refractivity contribution >= 4 is 0 Å². The Morgan fingerprint density at radius 1 is 1.44 bits per heavy atom. The minimum Gasteiger partial charge on any atom is -0.494 e. The molecule has 1 atom stereocenters. The second-order valence-electron chi connectivity index (χ2n) is 4.08. The van der Waals surface area contributed by atoms with Gasteiger partial charge >= 0.3 is 0 Å². The molecule has 1 unspecified atom stereocenters. The molecule has 0 aromatic rings. The van der Waals surface area contributed by atoms with Crippen LogP contribution in [0.4, 0.5) is 0 Å². The van der Waals surface area contributed by atoms with Crippen molar-refractivity contribution in [2.75, 3.05) is 20.2 Å². The molecule has 1 fully saturated rings. The number of nitrogens with zero attached hydrogens (tertiary/aromatic N) is 1. The van der Waals surface area contributed by atoms with Gasteiger partial charge in [0, 0.05) is 11.6 Å². The van der Waals surface area contributed by atoms with Crippen LogP contribution in [0.3, 0.4) is 0 Å². The molecule has 1 aliphatic heterocycles. The van der Waals surface area contributed by atoms with Crippen LogP contribution in [0.25, 0.3) is 0 Å². The minimum absolute atomic E-state index is 0.503. The van der Waals surface area contributed by atoms with Crippen LogP contribution in [0.1, 0.15) is 40.5 Å². The molecule has 0 spiro atoms. The lowest BCUT2D eigenvalue weighted by atomic mass is 10.0. The molecular weight excluding hydrogens is 222 g/mol. The quantitative estimate of drug-likeness (QED) is 0.537. The second kappa shape index (κ2) is 9.95. The van der Waals surface area contributed by atoms with E-state index in [2.05, 4.69) is 31.5 Å². The zero-order valence-corrected chi connectivity index (χ0v) is 12.7. The van der Waals surface area contributed by atoms with E-state index in [1.165, 1.54) is 25.0 Å². The summed E-state index contributed by atoms with van der Waals surface area (Å²) < 4.78 is 5.69. The first-order chi connectivity index (χ1) is 8.74. The van der Waals surface area contributed by atoms with E-state index in [-0.39, 0.29) is 0 Å². The van der Waals surface area contributed by atoms with Gasteiger partial charge in [0.15, 0.2) is 0 Å². The van der Waals surface area contributed by atoms with E-state index < -0.39 is 0 Å². The van der Waals surface area contributed by atoms with Gasteiger partial charge in [-0.2, -0.15) is 0 Å².